The lowest BCUT2D eigenvalue weighted by Gasteiger charge is -2.25. The fourth-order valence-corrected chi connectivity index (χ4v) is 2.30. The highest BCUT2D eigenvalue weighted by Crippen LogP contribution is 2.32. The molecule has 1 aromatic heterocycles. The lowest BCUT2D eigenvalue weighted by Crippen LogP contribution is -2.47. The van der Waals surface area contributed by atoms with Gasteiger partial charge in [-0.05, 0) is 19.4 Å². The number of rotatable bonds is 2. The minimum Gasteiger partial charge on any atom is -0.465 e. The maximum absolute atomic E-state index is 12.6. The number of aromatic nitrogens is 1. The van der Waals surface area contributed by atoms with E-state index >= 15 is 0 Å². The molecule has 2 heterocycles. The molecule has 1 aliphatic heterocycles. The summed E-state index contributed by atoms with van der Waals surface area (Å²) in [5.74, 6) is 0. The minimum atomic E-state index is -4.44. The molecule has 5 nitrogen and oxygen atoms in total. The molecule has 110 valence electrons. The van der Waals surface area contributed by atoms with Crippen molar-refractivity contribution in [2.24, 2.45) is 0 Å². The number of nitrogens with zero attached hydrogens (tertiary/aromatic N) is 2. The van der Waals surface area contributed by atoms with Crippen molar-refractivity contribution in [3.8, 4) is 0 Å². The van der Waals surface area contributed by atoms with Crippen molar-refractivity contribution < 1.29 is 23.1 Å². The van der Waals surface area contributed by atoms with E-state index in [1.807, 2.05) is 0 Å². The molecule has 8 heteroatoms. The maximum Gasteiger partial charge on any atom is 0.417 e. The Kier molecular flexibility index (Phi) is 3.49. The van der Waals surface area contributed by atoms with E-state index in [4.69, 9.17) is 5.11 Å². The molecule has 1 atom stereocenters. The summed E-state index contributed by atoms with van der Waals surface area (Å²) in [5, 5.41) is 11.2. The molecule has 1 aromatic rings. The van der Waals surface area contributed by atoms with Crippen LogP contribution in [0.25, 0.3) is 0 Å². The van der Waals surface area contributed by atoms with Gasteiger partial charge < -0.3 is 15.3 Å². The van der Waals surface area contributed by atoms with E-state index in [2.05, 4.69) is 10.3 Å². The molecule has 0 aromatic carbocycles. The highest BCUT2D eigenvalue weighted by Gasteiger charge is 2.36. The number of amides is 1. The number of halogens is 3. The maximum atomic E-state index is 12.6. The Morgan fingerprint density at radius 3 is 2.80 bits per heavy atom. The van der Waals surface area contributed by atoms with Gasteiger partial charge in [0.2, 0.25) is 0 Å². The summed E-state index contributed by atoms with van der Waals surface area (Å²) in [5.41, 5.74) is -1.13. The predicted octanol–water partition coefficient (Wildman–Crippen LogP) is 2.34. The average molecular weight is 289 g/mol. The Labute approximate surface area is 113 Å². The third-order valence-electron chi connectivity index (χ3n) is 3.30. The van der Waals surface area contributed by atoms with Gasteiger partial charge in [0.05, 0.1) is 23.0 Å². The zero-order valence-corrected chi connectivity index (χ0v) is 10.7. The Morgan fingerprint density at radius 1 is 1.50 bits per heavy atom. The van der Waals surface area contributed by atoms with Crippen LogP contribution in [0, 0.1) is 0 Å². The number of anilines is 1. The first-order valence-electron chi connectivity index (χ1n) is 5.98. The second kappa shape index (κ2) is 4.84. The van der Waals surface area contributed by atoms with Gasteiger partial charge in [0, 0.05) is 19.3 Å². The van der Waals surface area contributed by atoms with Gasteiger partial charge in [-0.25, -0.2) is 4.79 Å². The molecule has 1 aliphatic rings. The third-order valence-corrected chi connectivity index (χ3v) is 3.30. The third kappa shape index (κ3) is 3.12. The summed E-state index contributed by atoms with van der Waals surface area (Å²) < 4.78 is 37.9. The molecule has 20 heavy (non-hydrogen) atoms. The quantitative estimate of drug-likeness (QED) is 0.877. The van der Waals surface area contributed by atoms with Crippen molar-refractivity contribution in [1.82, 2.24) is 10.3 Å². The van der Waals surface area contributed by atoms with Gasteiger partial charge in [0.25, 0.3) is 0 Å². The first-order valence-corrected chi connectivity index (χ1v) is 5.98. The van der Waals surface area contributed by atoms with E-state index in [9.17, 15) is 18.0 Å². The Balaban J connectivity index is 2.16. The summed E-state index contributed by atoms with van der Waals surface area (Å²) in [6, 6.07) is 1.03. The number of carbonyl (C=O) groups is 1. The molecule has 2 rings (SSSR count). The van der Waals surface area contributed by atoms with Crippen LogP contribution in [0.2, 0.25) is 0 Å². The van der Waals surface area contributed by atoms with Gasteiger partial charge in [0.15, 0.2) is 0 Å². The zero-order chi connectivity index (χ0) is 15.0. The summed E-state index contributed by atoms with van der Waals surface area (Å²) >= 11 is 0. The molecule has 1 fully saturated rings. The van der Waals surface area contributed by atoms with Crippen molar-refractivity contribution in [3.63, 3.8) is 0 Å². The molecule has 0 spiro atoms. The van der Waals surface area contributed by atoms with Crippen molar-refractivity contribution in [2.45, 2.75) is 25.1 Å². The summed E-state index contributed by atoms with van der Waals surface area (Å²) in [4.78, 5) is 16.0. The number of nitrogens with one attached hydrogen (secondary N) is 1. The van der Waals surface area contributed by atoms with Crippen molar-refractivity contribution in [3.05, 3.63) is 24.0 Å². The van der Waals surface area contributed by atoms with Crippen molar-refractivity contribution in [2.75, 3.05) is 18.0 Å². The minimum absolute atomic E-state index is 0.308. The van der Waals surface area contributed by atoms with E-state index in [0.717, 1.165) is 12.3 Å². The van der Waals surface area contributed by atoms with Gasteiger partial charge in [-0.1, -0.05) is 0 Å². The number of alkyl halides is 3. The first kappa shape index (κ1) is 14.4. The Bertz CT molecular complexity index is 521. The second-order valence-electron chi connectivity index (χ2n) is 5.09. The topological polar surface area (TPSA) is 65.5 Å². The SMILES string of the molecule is C[C@@]1(NC(=O)O)CCN(c2cncc(C(F)(F)F)c2)C1. The van der Waals surface area contributed by atoms with Crippen LogP contribution in [0.4, 0.5) is 23.7 Å². The lowest BCUT2D eigenvalue weighted by molar-refractivity contribution is -0.137. The van der Waals surface area contributed by atoms with Crippen LogP contribution >= 0.6 is 0 Å². The molecule has 0 aliphatic carbocycles. The fraction of sp³-hybridized carbons (Fsp3) is 0.500. The lowest BCUT2D eigenvalue weighted by atomic mass is 10.0. The zero-order valence-electron chi connectivity index (χ0n) is 10.7. The van der Waals surface area contributed by atoms with Gasteiger partial charge in [-0.3, -0.25) is 4.98 Å². The van der Waals surface area contributed by atoms with E-state index < -0.39 is 23.4 Å². The predicted molar refractivity (Wildman–Crippen MR) is 65.6 cm³/mol. The first-order chi connectivity index (χ1) is 9.20. The molecule has 1 amide bonds. The standard InChI is InChI=1S/C12H14F3N3O2/c1-11(17-10(19)20)2-3-18(7-11)9-4-8(5-16-6-9)12(13,14)15/h4-6,17H,2-3,7H2,1H3,(H,19,20)/t11-/m1/s1. The van der Waals surface area contributed by atoms with E-state index in [1.54, 1.807) is 11.8 Å². The summed E-state index contributed by atoms with van der Waals surface area (Å²) in [6.07, 6.45) is -2.94. The van der Waals surface area contributed by atoms with Gasteiger partial charge in [0.1, 0.15) is 0 Å². The van der Waals surface area contributed by atoms with Crippen molar-refractivity contribution in [1.29, 1.82) is 0 Å². The summed E-state index contributed by atoms with van der Waals surface area (Å²) in [7, 11) is 0. The molecule has 2 N–H and O–H groups in total. The number of pyridine rings is 1. The normalized spacial score (nSPS) is 22.9. The molecular formula is C12H14F3N3O2. The highest BCUT2D eigenvalue weighted by molar-refractivity contribution is 5.66. The van der Waals surface area contributed by atoms with Crippen LogP contribution in [0.1, 0.15) is 18.9 Å². The number of hydrogen-bond donors (Lipinski definition) is 2. The van der Waals surface area contributed by atoms with Crippen LogP contribution in [0.5, 0.6) is 0 Å². The average Bonchev–Trinajstić information content (AvgIpc) is 2.69. The van der Waals surface area contributed by atoms with Crippen LogP contribution < -0.4 is 10.2 Å². The highest BCUT2D eigenvalue weighted by atomic mass is 19.4. The van der Waals surface area contributed by atoms with Gasteiger partial charge in [-0.2, -0.15) is 13.2 Å². The molecular weight excluding hydrogens is 275 g/mol. The van der Waals surface area contributed by atoms with Crippen molar-refractivity contribution >= 4 is 11.8 Å². The second-order valence-corrected chi connectivity index (χ2v) is 5.09. The molecule has 0 bridgehead atoms. The molecule has 1 saturated heterocycles. The van der Waals surface area contributed by atoms with Crippen LogP contribution in [0.3, 0.4) is 0 Å². The number of carboxylic acid groups (broad SMARTS) is 1. The number of hydrogen-bond acceptors (Lipinski definition) is 3. The van der Waals surface area contributed by atoms with Gasteiger partial charge in [-0.15, -0.1) is 0 Å². The Morgan fingerprint density at radius 2 is 2.20 bits per heavy atom. The largest absolute Gasteiger partial charge is 0.465 e. The van der Waals surface area contributed by atoms with Crippen LogP contribution in [-0.4, -0.2) is 34.8 Å². The smallest absolute Gasteiger partial charge is 0.417 e. The molecule has 0 unspecified atom stereocenters. The van der Waals surface area contributed by atoms with Crippen LogP contribution in [0.15, 0.2) is 18.5 Å². The fourth-order valence-electron chi connectivity index (χ4n) is 2.30. The monoisotopic (exact) mass is 289 g/mol. The van der Waals surface area contributed by atoms with E-state index in [1.165, 1.54) is 6.20 Å². The molecule has 0 saturated carbocycles. The van der Waals surface area contributed by atoms with E-state index in [0.29, 0.717) is 25.2 Å². The molecule has 0 radical (unpaired) electrons. The summed E-state index contributed by atoms with van der Waals surface area (Å²) in [6.45, 7) is 2.50. The van der Waals surface area contributed by atoms with Gasteiger partial charge >= 0.3 is 12.3 Å². The van der Waals surface area contributed by atoms with E-state index in [-0.39, 0.29) is 0 Å². The Hall–Kier alpha value is -1.99. The van der Waals surface area contributed by atoms with Crippen LogP contribution in [-0.2, 0) is 6.18 Å².